The van der Waals surface area contributed by atoms with Gasteiger partial charge in [-0.1, -0.05) is 6.92 Å². The maximum Gasteiger partial charge on any atom is 0.145 e. The van der Waals surface area contributed by atoms with Crippen LogP contribution in [0.2, 0.25) is 0 Å². The molecule has 5 nitrogen and oxygen atoms in total. The predicted molar refractivity (Wildman–Crippen MR) is 93.2 cm³/mol. The molecule has 2 N–H and O–H groups in total. The zero-order chi connectivity index (χ0) is 16.2. The fourth-order valence-electron chi connectivity index (χ4n) is 3.54. The van der Waals surface area contributed by atoms with Crippen LogP contribution in [-0.4, -0.2) is 49.5 Å². The van der Waals surface area contributed by atoms with Gasteiger partial charge in [0.05, 0.1) is 13.7 Å². The molecule has 0 unspecified atom stereocenters. The van der Waals surface area contributed by atoms with Crippen LogP contribution in [0.4, 0.5) is 5.69 Å². The van der Waals surface area contributed by atoms with E-state index in [0.717, 1.165) is 36.2 Å². The van der Waals surface area contributed by atoms with Gasteiger partial charge in [-0.25, -0.2) is 0 Å². The van der Waals surface area contributed by atoms with Gasteiger partial charge in [-0.05, 0) is 36.6 Å². The minimum absolute atomic E-state index is 0.181. The lowest BCUT2D eigenvalue weighted by atomic mass is 9.95. The molecule has 5 heteroatoms. The number of pyridine rings is 1. The fraction of sp³-hybridized carbons (Fsp3) is 0.500. The molecule has 2 aromatic rings. The van der Waals surface area contributed by atoms with Crippen molar-refractivity contribution in [3.63, 3.8) is 0 Å². The van der Waals surface area contributed by atoms with Crippen LogP contribution in [0.25, 0.3) is 10.9 Å². The van der Waals surface area contributed by atoms with Crippen molar-refractivity contribution in [3.05, 3.63) is 30.5 Å². The zero-order valence-electron chi connectivity index (χ0n) is 13.8. The molecule has 2 heterocycles. The Kier molecular flexibility index (Phi) is 4.98. The number of piperidine rings is 1. The number of methoxy groups -OCH3 is 1. The van der Waals surface area contributed by atoms with Crippen molar-refractivity contribution in [2.75, 3.05) is 38.3 Å². The van der Waals surface area contributed by atoms with Gasteiger partial charge in [-0.3, -0.25) is 4.98 Å². The maximum absolute atomic E-state index is 9.05. The topological polar surface area (TPSA) is 57.6 Å². The van der Waals surface area contributed by atoms with Crippen LogP contribution in [0.15, 0.2) is 30.5 Å². The van der Waals surface area contributed by atoms with Gasteiger partial charge in [0.15, 0.2) is 0 Å². The molecule has 0 aliphatic carbocycles. The van der Waals surface area contributed by atoms with Crippen molar-refractivity contribution >= 4 is 16.6 Å². The molecule has 1 saturated heterocycles. The lowest BCUT2D eigenvalue weighted by molar-refractivity contribution is 0.269. The highest BCUT2D eigenvalue weighted by Gasteiger charge is 2.25. The summed E-state index contributed by atoms with van der Waals surface area (Å²) in [6.07, 6.45) is 2.95. The van der Waals surface area contributed by atoms with E-state index in [1.807, 2.05) is 12.1 Å². The first kappa shape index (κ1) is 16.0. The van der Waals surface area contributed by atoms with Gasteiger partial charge in [0.2, 0.25) is 0 Å². The number of nitrogens with zero attached hydrogens (tertiary/aromatic N) is 2. The van der Waals surface area contributed by atoms with E-state index in [-0.39, 0.29) is 6.61 Å². The highest BCUT2D eigenvalue weighted by molar-refractivity contribution is 5.95. The first-order valence-electron chi connectivity index (χ1n) is 8.24. The highest BCUT2D eigenvalue weighted by Crippen LogP contribution is 2.34. The number of aromatic nitrogens is 1. The number of ether oxygens (including phenoxy) is 1. The number of benzene rings is 1. The molecule has 0 bridgehead atoms. The Morgan fingerprint density at radius 1 is 1.35 bits per heavy atom. The summed E-state index contributed by atoms with van der Waals surface area (Å²) in [5, 5.41) is 13.6. The van der Waals surface area contributed by atoms with E-state index in [1.54, 1.807) is 13.3 Å². The Morgan fingerprint density at radius 2 is 2.22 bits per heavy atom. The Hall–Kier alpha value is -1.85. The van der Waals surface area contributed by atoms with Crippen LogP contribution in [0.1, 0.15) is 13.3 Å². The van der Waals surface area contributed by atoms with Crippen molar-refractivity contribution in [2.45, 2.75) is 19.4 Å². The average molecular weight is 315 g/mol. The van der Waals surface area contributed by atoms with Crippen molar-refractivity contribution in [1.29, 1.82) is 0 Å². The van der Waals surface area contributed by atoms with Crippen LogP contribution in [0.3, 0.4) is 0 Å². The number of aliphatic hydroxyl groups excluding tert-OH is 1. The number of hydrogen-bond donors (Lipinski definition) is 2. The van der Waals surface area contributed by atoms with Crippen LogP contribution in [0, 0.1) is 5.92 Å². The van der Waals surface area contributed by atoms with Crippen LogP contribution >= 0.6 is 0 Å². The molecule has 1 aromatic carbocycles. The number of fused-ring (bicyclic) bond motifs is 1. The molecule has 0 spiro atoms. The second-order valence-electron chi connectivity index (χ2n) is 6.31. The van der Waals surface area contributed by atoms with Gasteiger partial charge in [-0.15, -0.1) is 0 Å². The Balaban J connectivity index is 1.92. The minimum atomic E-state index is 0.181. The van der Waals surface area contributed by atoms with Crippen molar-refractivity contribution in [2.24, 2.45) is 5.92 Å². The quantitative estimate of drug-likeness (QED) is 0.884. The first-order valence-corrected chi connectivity index (χ1v) is 8.24. The molecule has 23 heavy (non-hydrogen) atoms. The van der Waals surface area contributed by atoms with Gasteiger partial charge in [0.1, 0.15) is 11.3 Å². The van der Waals surface area contributed by atoms with E-state index in [9.17, 15) is 0 Å². The molecule has 124 valence electrons. The number of hydrogen-bond acceptors (Lipinski definition) is 5. The molecule has 2 atom stereocenters. The standard InChI is InChI=1S/C18H25N3O2/c1-13-10-14(19-8-9-22)12-21(11-13)16-5-6-17(23-2)18-15(16)4-3-7-20-18/h3-7,13-14,19,22H,8-12H2,1-2H3/t13-,14+/m0/s1. The monoisotopic (exact) mass is 315 g/mol. The summed E-state index contributed by atoms with van der Waals surface area (Å²) in [4.78, 5) is 6.92. The van der Waals surface area contributed by atoms with E-state index < -0.39 is 0 Å². The molecule has 3 rings (SSSR count). The van der Waals surface area contributed by atoms with Gasteiger partial charge >= 0.3 is 0 Å². The van der Waals surface area contributed by atoms with Crippen molar-refractivity contribution < 1.29 is 9.84 Å². The van der Waals surface area contributed by atoms with Crippen molar-refractivity contribution in [3.8, 4) is 5.75 Å². The normalized spacial score (nSPS) is 21.6. The van der Waals surface area contributed by atoms with Gasteiger partial charge < -0.3 is 20.1 Å². The van der Waals surface area contributed by atoms with Crippen LogP contribution in [-0.2, 0) is 0 Å². The SMILES string of the molecule is COc1ccc(N2C[C@@H](C)C[C@@H](NCCO)C2)c2cccnc12. The van der Waals surface area contributed by atoms with E-state index in [4.69, 9.17) is 9.84 Å². The molecule has 1 aliphatic rings. The van der Waals surface area contributed by atoms with Crippen LogP contribution < -0.4 is 15.0 Å². The number of aliphatic hydroxyl groups is 1. The summed E-state index contributed by atoms with van der Waals surface area (Å²) < 4.78 is 5.44. The van der Waals surface area contributed by atoms with Crippen LogP contribution in [0.5, 0.6) is 5.75 Å². The Morgan fingerprint density at radius 3 is 3.00 bits per heavy atom. The van der Waals surface area contributed by atoms with E-state index >= 15 is 0 Å². The summed E-state index contributed by atoms with van der Waals surface area (Å²) >= 11 is 0. The predicted octanol–water partition coefficient (Wildman–Crippen LogP) is 2.04. The van der Waals surface area contributed by atoms with E-state index in [1.165, 1.54) is 5.69 Å². The molecule has 0 amide bonds. The summed E-state index contributed by atoms with van der Waals surface area (Å²) in [5.41, 5.74) is 2.11. The number of rotatable bonds is 5. The van der Waals surface area contributed by atoms with Crippen molar-refractivity contribution in [1.82, 2.24) is 10.3 Å². The Labute approximate surface area is 137 Å². The maximum atomic E-state index is 9.05. The molecule has 0 saturated carbocycles. The highest BCUT2D eigenvalue weighted by atomic mass is 16.5. The average Bonchev–Trinajstić information content (AvgIpc) is 2.58. The molecule has 1 fully saturated rings. The minimum Gasteiger partial charge on any atom is -0.494 e. The first-order chi connectivity index (χ1) is 11.2. The lowest BCUT2D eigenvalue weighted by Crippen LogP contribution is -2.49. The summed E-state index contributed by atoms with van der Waals surface area (Å²) in [6, 6.07) is 8.61. The smallest absolute Gasteiger partial charge is 0.145 e. The van der Waals surface area contributed by atoms with Gasteiger partial charge in [0, 0.05) is 42.9 Å². The summed E-state index contributed by atoms with van der Waals surface area (Å²) in [7, 11) is 1.68. The summed E-state index contributed by atoms with van der Waals surface area (Å²) in [6.45, 7) is 5.09. The van der Waals surface area contributed by atoms with Gasteiger partial charge in [-0.2, -0.15) is 0 Å². The lowest BCUT2D eigenvalue weighted by Gasteiger charge is -2.39. The third-order valence-corrected chi connectivity index (χ3v) is 4.47. The second kappa shape index (κ2) is 7.15. The second-order valence-corrected chi connectivity index (χ2v) is 6.31. The third kappa shape index (κ3) is 3.41. The molecular formula is C18H25N3O2. The fourth-order valence-corrected chi connectivity index (χ4v) is 3.54. The Bertz CT molecular complexity index is 662. The molecular weight excluding hydrogens is 290 g/mol. The zero-order valence-corrected chi connectivity index (χ0v) is 13.8. The summed E-state index contributed by atoms with van der Waals surface area (Å²) in [5.74, 6) is 1.41. The largest absolute Gasteiger partial charge is 0.494 e. The van der Waals surface area contributed by atoms with E-state index in [2.05, 4.69) is 34.3 Å². The molecule has 1 aliphatic heterocycles. The number of anilines is 1. The van der Waals surface area contributed by atoms with E-state index in [0.29, 0.717) is 18.5 Å². The van der Waals surface area contributed by atoms with Gasteiger partial charge in [0.25, 0.3) is 0 Å². The third-order valence-electron chi connectivity index (χ3n) is 4.47. The molecule has 1 aromatic heterocycles. The molecule has 0 radical (unpaired) electrons. The number of nitrogens with one attached hydrogen (secondary N) is 1.